The molecule has 1 amide bonds. The molecule has 1 aromatic carbocycles. The first-order chi connectivity index (χ1) is 11.6. The van der Waals surface area contributed by atoms with Gasteiger partial charge in [0.1, 0.15) is 5.01 Å². The van der Waals surface area contributed by atoms with Gasteiger partial charge in [-0.1, -0.05) is 28.1 Å². The highest BCUT2D eigenvalue weighted by atomic mass is 79.9. The van der Waals surface area contributed by atoms with E-state index in [9.17, 15) is 4.79 Å². The van der Waals surface area contributed by atoms with Gasteiger partial charge in [-0.05, 0) is 12.1 Å². The molecule has 122 valence electrons. The normalized spacial score (nSPS) is 9.96. The molecule has 5 nitrogen and oxygen atoms in total. The first kappa shape index (κ1) is 18.1. The summed E-state index contributed by atoms with van der Waals surface area (Å²) < 4.78 is 0.979. The molecule has 2 rings (SSSR count). The fraction of sp³-hybridized carbons (Fsp3) is 0.294. The van der Waals surface area contributed by atoms with Gasteiger partial charge in [0.15, 0.2) is 0 Å². The molecule has 0 unspecified atom stereocenters. The van der Waals surface area contributed by atoms with Gasteiger partial charge in [0.25, 0.3) is 0 Å². The zero-order valence-corrected chi connectivity index (χ0v) is 15.3. The SMILES string of the molecule is N#CCCN(CCC#N)C(=O)Cc1csc(-c2cccc(Br)c2)n1. The van der Waals surface area contributed by atoms with E-state index in [2.05, 4.69) is 20.9 Å². The maximum Gasteiger partial charge on any atom is 0.228 e. The van der Waals surface area contributed by atoms with Gasteiger partial charge in [-0.15, -0.1) is 11.3 Å². The van der Waals surface area contributed by atoms with Gasteiger partial charge in [0, 0.05) is 28.5 Å². The van der Waals surface area contributed by atoms with E-state index in [4.69, 9.17) is 10.5 Å². The summed E-state index contributed by atoms with van der Waals surface area (Å²) in [5.74, 6) is -0.105. The zero-order chi connectivity index (χ0) is 17.4. The fourth-order valence-electron chi connectivity index (χ4n) is 2.14. The van der Waals surface area contributed by atoms with Crippen LogP contribution in [0.25, 0.3) is 10.6 Å². The molecular formula is C17H15BrN4OS. The first-order valence-corrected chi connectivity index (χ1v) is 9.03. The number of nitrogens with zero attached hydrogens (tertiary/aromatic N) is 4. The van der Waals surface area contributed by atoms with Crippen molar-refractivity contribution in [3.8, 4) is 22.7 Å². The maximum absolute atomic E-state index is 12.4. The predicted octanol–water partition coefficient (Wildman–Crippen LogP) is 3.77. The Labute approximate surface area is 153 Å². The van der Waals surface area contributed by atoms with Gasteiger partial charge < -0.3 is 4.90 Å². The van der Waals surface area contributed by atoms with Crippen molar-refractivity contribution in [2.24, 2.45) is 0 Å². The van der Waals surface area contributed by atoms with Crippen LogP contribution in [0.1, 0.15) is 18.5 Å². The Morgan fingerprint density at radius 3 is 2.58 bits per heavy atom. The van der Waals surface area contributed by atoms with Crippen molar-refractivity contribution in [3.63, 3.8) is 0 Å². The number of thiazole rings is 1. The monoisotopic (exact) mass is 402 g/mol. The lowest BCUT2D eigenvalue weighted by atomic mass is 10.2. The second-order valence-corrected chi connectivity index (χ2v) is 6.80. The van der Waals surface area contributed by atoms with E-state index in [1.165, 1.54) is 11.3 Å². The van der Waals surface area contributed by atoms with Crippen LogP contribution in [-0.4, -0.2) is 28.9 Å². The molecular weight excluding hydrogens is 388 g/mol. The highest BCUT2D eigenvalue weighted by Gasteiger charge is 2.15. The van der Waals surface area contributed by atoms with Gasteiger partial charge in [0.05, 0.1) is 37.1 Å². The van der Waals surface area contributed by atoms with Crippen LogP contribution in [0.2, 0.25) is 0 Å². The van der Waals surface area contributed by atoms with E-state index in [0.29, 0.717) is 18.8 Å². The number of benzene rings is 1. The lowest BCUT2D eigenvalue weighted by molar-refractivity contribution is -0.130. The summed E-state index contributed by atoms with van der Waals surface area (Å²) in [6.07, 6.45) is 0.705. The van der Waals surface area contributed by atoms with Crippen molar-refractivity contribution in [1.29, 1.82) is 10.5 Å². The second-order valence-electron chi connectivity index (χ2n) is 5.03. The van der Waals surface area contributed by atoms with Crippen molar-refractivity contribution in [2.75, 3.05) is 13.1 Å². The molecule has 7 heteroatoms. The number of rotatable bonds is 7. The van der Waals surface area contributed by atoms with Crippen LogP contribution in [-0.2, 0) is 11.2 Å². The van der Waals surface area contributed by atoms with E-state index < -0.39 is 0 Å². The lowest BCUT2D eigenvalue weighted by Gasteiger charge is -2.19. The number of carbonyl (C=O) groups excluding carboxylic acids is 1. The molecule has 2 aromatic rings. The molecule has 0 bridgehead atoms. The maximum atomic E-state index is 12.4. The second kappa shape index (κ2) is 9.17. The summed E-state index contributed by atoms with van der Waals surface area (Å²) in [5.41, 5.74) is 1.71. The van der Waals surface area contributed by atoms with Crippen LogP contribution in [0.5, 0.6) is 0 Å². The average Bonchev–Trinajstić information content (AvgIpc) is 3.03. The number of aromatic nitrogens is 1. The Balaban J connectivity index is 2.05. The number of hydrogen-bond acceptors (Lipinski definition) is 5. The van der Waals surface area contributed by atoms with Crippen LogP contribution in [0.4, 0.5) is 0 Å². The zero-order valence-electron chi connectivity index (χ0n) is 12.9. The van der Waals surface area contributed by atoms with E-state index in [0.717, 1.165) is 15.0 Å². The average molecular weight is 403 g/mol. The molecule has 0 aliphatic carbocycles. The topological polar surface area (TPSA) is 80.8 Å². The molecule has 0 aliphatic heterocycles. The number of hydrogen-bond donors (Lipinski definition) is 0. The first-order valence-electron chi connectivity index (χ1n) is 7.36. The number of amides is 1. The van der Waals surface area contributed by atoms with Gasteiger partial charge in [0.2, 0.25) is 5.91 Å². The van der Waals surface area contributed by atoms with Crippen LogP contribution in [0.15, 0.2) is 34.1 Å². The third kappa shape index (κ3) is 5.16. The third-order valence-corrected chi connectivity index (χ3v) is 4.73. The molecule has 0 saturated heterocycles. The molecule has 1 heterocycles. The Kier molecular flexibility index (Phi) is 6.92. The van der Waals surface area contributed by atoms with Crippen LogP contribution >= 0.6 is 27.3 Å². The van der Waals surface area contributed by atoms with E-state index in [1.54, 1.807) is 4.90 Å². The summed E-state index contributed by atoms with van der Waals surface area (Å²) in [6.45, 7) is 0.694. The molecule has 1 aromatic heterocycles. The number of carbonyl (C=O) groups is 1. The van der Waals surface area contributed by atoms with Crippen molar-refractivity contribution in [1.82, 2.24) is 9.88 Å². The quantitative estimate of drug-likeness (QED) is 0.705. The molecule has 0 N–H and O–H groups in total. The Hall–Kier alpha value is -2.22. The van der Waals surface area contributed by atoms with Crippen LogP contribution < -0.4 is 0 Å². The summed E-state index contributed by atoms with van der Waals surface area (Å²) in [5, 5.41) is 20.1. The molecule has 0 spiro atoms. The minimum Gasteiger partial charge on any atom is -0.340 e. The summed E-state index contributed by atoms with van der Waals surface area (Å²) >= 11 is 4.93. The van der Waals surface area contributed by atoms with Crippen molar-refractivity contribution in [2.45, 2.75) is 19.3 Å². The number of nitriles is 2. The van der Waals surface area contributed by atoms with Crippen molar-refractivity contribution < 1.29 is 4.79 Å². The molecule has 0 aliphatic rings. The molecule has 0 radical (unpaired) electrons. The third-order valence-electron chi connectivity index (χ3n) is 3.30. The van der Waals surface area contributed by atoms with Crippen molar-refractivity contribution >= 4 is 33.2 Å². The summed E-state index contributed by atoms with van der Waals surface area (Å²) in [6, 6.07) is 11.9. The number of halogens is 1. The Morgan fingerprint density at radius 1 is 1.25 bits per heavy atom. The summed E-state index contributed by atoms with van der Waals surface area (Å²) in [4.78, 5) is 18.5. The lowest BCUT2D eigenvalue weighted by Crippen LogP contribution is -2.34. The Bertz CT molecular complexity index is 772. The largest absolute Gasteiger partial charge is 0.340 e. The fourth-order valence-corrected chi connectivity index (χ4v) is 3.36. The molecule has 0 atom stereocenters. The highest BCUT2D eigenvalue weighted by Crippen LogP contribution is 2.26. The smallest absolute Gasteiger partial charge is 0.228 e. The molecule has 0 saturated carbocycles. The minimum atomic E-state index is -0.105. The van der Waals surface area contributed by atoms with Gasteiger partial charge in [-0.2, -0.15) is 10.5 Å². The standard InChI is InChI=1S/C17H15BrN4OS/c18-14-5-1-4-13(10-14)17-21-15(12-24-17)11-16(23)22(8-2-6-19)9-3-7-20/h1,4-5,10,12H,2-3,8-9,11H2. The molecule has 24 heavy (non-hydrogen) atoms. The summed E-state index contributed by atoms with van der Waals surface area (Å²) in [7, 11) is 0. The van der Waals surface area contributed by atoms with Gasteiger partial charge in [-0.25, -0.2) is 4.98 Å². The van der Waals surface area contributed by atoms with E-state index in [-0.39, 0.29) is 25.2 Å². The van der Waals surface area contributed by atoms with Crippen LogP contribution in [0.3, 0.4) is 0 Å². The van der Waals surface area contributed by atoms with E-state index >= 15 is 0 Å². The van der Waals surface area contributed by atoms with E-state index in [1.807, 2.05) is 41.8 Å². The Morgan fingerprint density at radius 2 is 1.96 bits per heavy atom. The highest BCUT2D eigenvalue weighted by molar-refractivity contribution is 9.10. The van der Waals surface area contributed by atoms with Crippen LogP contribution in [0, 0.1) is 22.7 Å². The molecule has 0 fully saturated rings. The van der Waals surface area contributed by atoms with Gasteiger partial charge in [-0.3, -0.25) is 4.79 Å². The minimum absolute atomic E-state index is 0.105. The van der Waals surface area contributed by atoms with Gasteiger partial charge >= 0.3 is 0 Å². The predicted molar refractivity (Wildman–Crippen MR) is 96.0 cm³/mol. The van der Waals surface area contributed by atoms with Crippen molar-refractivity contribution in [3.05, 3.63) is 39.8 Å².